The van der Waals surface area contributed by atoms with Crippen LogP contribution in [-0.4, -0.2) is 18.7 Å². The average Bonchev–Trinajstić information content (AvgIpc) is 3.23. The van der Waals surface area contributed by atoms with Crippen LogP contribution < -0.4 is 4.74 Å². The Balaban J connectivity index is 1.71. The highest BCUT2D eigenvalue weighted by Gasteiger charge is 2.29. The third-order valence-electron chi connectivity index (χ3n) is 4.05. The summed E-state index contributed by atoms with van der Waals surface area (Å²) in [6.07, 6.45) is 3.48. The molecule has 0 saturated carbocycles. The molecule has 2 aromatic rings. The quantitative estimate of drug-likeness (QED) is 0.859. The number of hydrogen-bond acceptors (Lipinski definition) is 6. The van der Waals surface area contributed by atoms with Gasteiger partial charge in [0.15, 0.2) is 0 Å². The Bertz CT molecular complexity index is 747. The number of nitrogens with zero attached hydrogens (tertiary/aromatic N) is 1. The first-order valence-corrected chi connectivity index (χ1v) is 8.29. The second-order valence-electron chi connectivity index (χ2n) is 5.44. The van der Waals surface area contributed by atoms with Gasteiger partial charge in [-0.25, -0.2) is 4.98 Å². The van der Waals surface area contributed by atoms with Gasteiger partial charge in [0.05, 0.1) is 24.3 Å². The van der Waals surface area contributed by atoms with Gasteiger partial charge in [-0.05, 0) is 25.0 Å². The molecule has 0 radical (unpaired) electrons. The molecule has 2 aliphatic rings. The predicted octanol–water partition coefficient (Wildman–Crippen LogP) is 3.64. The fourth-order valence-electron chi connectivity index (χ4n) is 2.91. The van der Waals surface area contributed by atoms with E-state index < -0.39 is 0 Å². The highest BCUT2D eigenvalue weighted by molar-refractivity contribution is 7.12. The molecule has 6 heteroatoms. The van der Waals surface area contributed by atoms with Crippen LogP contribution in [0.1, 0.15) is 39.0 Å². The first-order valence-electron chi connectivity index (χ1n) is 7.48. The fraction of sp³-hybridized carbons (Fsp3) is 0.353. The van der Waals surface area contributed by atoms with Crippen LogP contribution in [0.3, 0.4) is 0 Å². The van der Waals surface area contributed by atoms with Crippen LogP contribution in [0.15, 0.2) is 30.7 Å². The van der Waals surface area contributed by atoms with Crippen molar-refractivity contribution in [2.75, 3.05) is 13.7 Å². The van der Waals surface area contributed by atoms with Gasteiger partial charge in [0.2, 0.25) is 5.88 Å². The molecule has 4 rings (SSSR count). The molecule has 0 saturated heterocycles. The van der Waals surface area contributed by atoms with Gasteiger partial charge in [0.1, 0.15) is 18.6 Å². The molecule has 1 unspecified atom stereocenters. The number of fused-ring (bicyclic) bond motifs is 1. The van der Waals surface area contributed by atoms with Gasteiger partial charge in [0, 0.05) is 16.5 Å². The zero-order valence-electron chi connectivity index (χ0n) is 12.9. The van der Waals surface area contributed by atoms with Gasteiger partial charge >= 0.3 is 0 Å². The molecule has 0 bridgehead atoms. The summed E-state index contributed by atoms with van der Waals surface area (Å²) in [5.74, 6) is 0.610. The van der Waals surface area contributed by atoms with E-state index in [2.05, 4.69) is 24.0 Å². The van der Waals surface area contributed by atoms with E-state index in [4.69, 9.17) is 18.9 Å². The molecule has 120 valence electrons. The summed E-state index contributed by atoms with van der Waals surface area (Å²) < 4.78 is 22.2. The lowest BCUT2D eigenvalue weighted by atomic mass is 9.98. The first-order chi connectivity index (χ1) is 11.3. The molecule has 2 aromatic heterocycles. The van der Waals surface area contributed by atoms with Crippen molar-refractivity contribution in [1.29, 1.82) is 0 Å². The van der Waals surface area contributed by atoms with Gasteiger partial charge in [-0.15, -0.1) is 11.3 Å². The Kier molecular flexibility index (Phi) is 3.71. The van der Waals surface area contributed by atoms with Crippen LogP contribution >= 0.6 is 11.3 Å². The van der Waals surface area contributed by atoms with Crippen molar-refractivity contribution in [3.05, 3.63) is 57.3 Å². The minimum Gasteiger partial charge on any atom is -0.481 e. The summed E-state index contributed by atoms with van der Waals surface area (Å²) in [5.41, 5.74) is 3.27. The normalized spacial score (nSPS) is 20.0. The number of rotatable bonds is 3. The predicted molar refractivity (Wildman–Crippen MR) is 85.4 cm³/mol. The topological polar surface area (TPSA) is 49.8 Å². The molecule has 0 spiro atoms. The smallest absolute Gasteiger partial charge is 0.275 e. The zero-order chi connectivity index (χ0) is 15.8. The summed E-state index contributed by atoms with van der Waals surface area (Å²) in [4.78, 5) is 6.83. The molecule has 0 fully saturated rings. The summed E-state index contributed by atoms with van der Waals surface area (Å²) in [6, 6.07) is 6.07. The maximum atomic E-state index is 6.04. The van der Waals surface area contributed by atoms with Crippen molar-refractivity contribution in [3.8, 4) is 5.88 Å². The van der Waals surface area contributed by atoms with Crippen LogP contribution in [0.4, 0.5) is 0 Å². The second kappa shape index (κ2) is 5.86. The minimum atomic E-state index is -0.353. The molecule has 23 heavy (non-hydrogen) atoms. The molecular formula is C17H17NO4S. The number of ether oxygens (including phenoxy) is 4. The van der Waals surface area contributed by atoms with E-state index in [1.54, 1.807) is 31.0 Å². The first kappa shape index (κ1) is 14.5. The van der Waals surface area contributed by atoms with E-state index in [9.17, 15) is 0 Å². The molecule has 5 nitrogen and oxygen atoms in total. The maximum Gasteiger partial charge on any atom is 0.275 e. The van der Waals surface area contributed by atoms with Gasteiger partial charge in [0.25, 0.3) is 6.29 Å². The van der Waals surface area contributed by atoms with Crippen LogP contribution in [-0.2, 0) is 20.6 Å². The van der Waals surface area contributed by atoms with Crippen molar-refractivity contribution >= 4 is 11.3 Å². The van der Waals surface area contributed by atoms with Crippen molar-refractivity contribution < 1.29 is 18.9 Å². The number of aromatic nitrogens is 1. The summed E-state index contributed by atoms with van der Waals surface area (Å²) in [7, 11) is 1.63. The SMILES string of the molecule is COc1ccc2c(n1)C(c1cc(C3OC=CO3)sc1C)OCC2. The van der Waals surface area contributed by atoms with E-state index >= 15 is 0 Å². The van der Waals surface area contributed by atoms with Crippen molar-refractivity contribution in [2.24, 2.45) is 0 Å². The standard InChI is InChI=1S/C17H17NO4S/c1-10-12(9-13(23-10)17-21-7-8-22-17)16-15-11(5-6-20-16)3-4-14(18-15)19-2/h3-4,7-9,16-17H,5-6H2,1-2H3. The van der Waals surface area contributed by atoms with E-state index in [-0.39, 0.29) is 12.4 Å². The minimum absolute atomic E-state index is 0.173. The molecule has 0 N–H and O–H groups in total. The number of aryl methyl sites for hydroxylation is 1. The Morgan fingerprint density at radius 2 is 2.09 bits per heavy atom. The lowest BCUT2D eigenvalue weighted by Crippen LogP contribution is -2.19. The lowest BCUT2D eigenvalue weighted by molar-refractivity contribution is -0.0218. The van der Waals surface area contributed by atoms with Gasteiger partial charge in [-0.1, -0.05) is 6.07 Å². The number of hydrogen-bond donors (Lipinski definition) is 0. The van der Waals surface area contributed by atoms with Crippen LogP contribution in [0.2, 0.25) is 0 Å². The number of thiophene rings is 1. The maximum absolute atomic E-state index is 6.04. The summed E-state index contributed by atoms with van der Waals surface area (Å²) >= 11 is 1.66. The Hall–Kier alpha value is -2.05. The van der Waals surface area contributed by atoms with Crippen molar-refractivity contribution in [2.45, 2.75) is 25.7 Å². The molecule has 0 aliphatic carbocycles. The molecule has 0 aromatic carbocycles. The fourth-order valence-corrected chi connectivity index (χ4v) is 3.94. The van der Waals surface area contributed by atoms with Gasteiger partial charge in [-0.3, -0.25) is 0 Å². The van der Waals surface area contributed by atoms with E-state index in [0.29, 0.717) is 12.5 Å². The van der Waals surface area contributed by atoms with Crippen LogP contribution in [0.25, 0.3) is 0 Å². The molecule has 0 amide bonds. The second-order valence-corrected chi connectivity index (χ2v) is 6.72. The van der Waals surface area contributed by atoms with Crippen molar-refractivity contribution in [3.63, 3.8) is 0 Å². The molecule has 2 aliphatic heterocycles. The third-order valence-corrected chi connectivity index (χ3v) is 5.14. The zero-order valence-corrected chi connectivity index (χ0v) is 13.8. The molecule has 4 heterocycles. The number of methoxy groups -OCH3 is 1. The highest BCUT2D eigenvalue weighted by atomic mass is 32.1. The average molecular weight is 331 g/mol. The lowest BCUT2D eigenvalue weighted by Gasteiger charge is -2.25. The Labute approximate surface area is 138 Å². The van der Waals surface area contributed by atoms with Crippen LogP contribution in [0.5, 0.6) is 5.88 Å². The number of pyridine rings is 1. The Morgan fingerprint density at radius 1 is 1.26 bits per heavy atom. The summed E-state index contributed by atoms with van der Waals surface area (Å²) in [6.45, 7) is 2.78. The highest BCUT2D eigenvalue weighted by Crippen LogP contribution is 2.40. The van der Waals surface area contributed by atoms with Crippen LogP contribution in [0, 0.1) is 6.92 Å². The van der Waals surface area contributed by atoms with Crippen molar-refractivity contribution in [1.82, 2.24) is 4.98 Å². The third kappa shape index (κ3) is 2.58. The Morgan fingerprint density at radius 3 is 2.87 bits per heavy atom. The van der Waals surface area contributed by atoms with Gasteiger partial charge in [-0.2, -0.15) is 0 Å². The monoisotopic (exact) mass is 331 g/mol. The summed E-state index contributed by atoms with van der Waals surface area (Å²) in [5, 5.41) is 0. The van der Waals surface area contributed by atoms with E-state index in [1.165, 1.54) is 10.4 Å². The van der Waals surface area contributed by atoms with E-state index in [1.807, 2.05) is 6.07 Å². The van der Waals surface area contributed by atoms with E-state index in [0.717, 1.165) is 22.6 Å². The van der Waals surface area contributed by atoms with Gasteiger partial charge < -0.3 is 18.9 Å². The molecular weight excluding hydrogens is 314 g/mol. The molecule has 1 atom stereocenters. The largest absolute Gasteiger partial charge is 0.481 e.